The van der Waals surface area contributed by atoms with Gasteiger partial charge in [-0.3, -0.25) is 4.79 Å². The van der Waals surface area contributed by atoms with E-state index >= 15 is 0 Å². The van der Waals surface area contributed by atoms with Crippen molar-refractivity contribution in [3.8, 4) is 5.75 Å². The minimum absolute atomic E-state index is 0.00936. The van der Waals surface area contributed by atoms with Crippen molar-refractivity contribution >= 4 is 51.4 Å². The third kappa shape index (κ3) is 6.92. The van der Waals surface area contributed by atoms with Gasteiger partial charge in [-0.1, -0.05) is 0 Å². The Labute approximate surface area is 216 Å². The van der Waals surface area contributed by atoms with Crippen molar-refractivity contribution in [1.82, 2.24) is 14.9 Å². The average molecular weight is 513 g/mol. The molecular weight excluding hydrogens is 476 g/mol. The third-order valence-corrected chi connectivity index (χ3v) is 6.72. The van der Waals surface area contributed by atoms with Crippen molar-refractivity contribution < 1.29 is 14.6 Å². The van der Waals surface area contributed by atoms with Crippen LogP contribution in [-0.4, -0.2) is 57.9 Å². The summed E-state index contributed by atoms with van der Waals surface area (Å²) in [4.78, 5) is 22.9. The van der Waals surface area contributed by atoms with Crippen molar-refractivity contribution in [2.45, 2.75) is 65.1 Å². The Morgan fingerprint density at radius 3 is 2.64 bits per heavy atom. The van der Waals surface area contributed by atoms with Crippen LogP contribution in [0, 0.1) is 5.41 Å². The smallest absolute Gasteiger partial charge is 0.209 e. The summed E-state index contributed by atoms with van der Waals surface area (Å²) in [5, 5.41) is 21.3. The van der Waals surface area contributed by atoms with Crippen LogP contribution in [0.1, 0.15) is 56.5 Å². The molecule has 36 heavy (non-hydrogen) atoms. The maximum atomic E-state index is 10.00. The Hall–Kier alpha value is -3.24. The molecule has 0 spiro atoms. The van der Waals surface area contributed by atoms with Gasteiger partial charge in [-0.15, -0.1) is 11.3 Å². The number of nitrogens with one attached hydrogen (secondary N) is 2. The monoisotopic (exact) mass is 512 g/mol. The Kier molecular flexibility index (Phi) is 8.86. The molecule has 194 valence electrons. The number of rotatable bonds is 8. The lowest BCUT2D eigenvalue weighted by atomic mass is 9.97. The number of ether oxygens (including phenoxy) is 1. The molecule has 9 nitrogen and oxygen atoms in total. The second-order valence-corrected chi connectivity index (χ2v) is 10.9. The van der Waals surface area contributed by atoms with Crippen molar-refractivity contribution in [2.75, 3.05) is 24.6 Å². The summed E-state index contributed by atoms with van der Waals surface area (Å²) in [6.07, 6.45) is 8.19. The highest BCUT2D eigenvalue weighted by atomic mass is 32.1. The molecule has 5 N–H and O–H groups in total. The summed E-state index contributed by atoms with van der Waals surface area (Å²) >= 11 is 1.77. The molecule has 1 aliphatic rings. The zero-order valence-corrected chi connectivity index (χ0v) is 22.4. The van der Waals surface area contributed by atoms with Gasteiger partial charge >= 0.3 is 0 Å². The van der Waals surface area contributed by atoms with E-state index in [9.17, 15) is 4.79 Å². The highest BCUT2D eigenvalue weighted by Gasteiger charge is 2.21. The molecule has 2 aromatic heterocycles. The number of hydrogen-bond acceptors (Lipinski definition) is 9. The lowest BCUT2D eigenvalue weighted by Gasteiger charge is -2.21. The normalized spacial score (nSPS) is 13.0. The molecule has 3 aromatic rings. The summed E-state index contributed by atoms with van der Waals surface area (Å²) in [6, 6.07) is 3.61. The van der Waals surface area contributed by atoms with Crippen molar-refractivity contribution in [1.29, 1.82) is 5.41 Å². The molecule has 0 aliphatic heterocycles. The molecule has 0 atom stereocenters. The highest BCUT2D eigenvalue weighted by molar-refractivity contribution is 7.19. The number of thiophene rings is 1. The predicted octanol–water partition coefficient (Wildman–Crippen LogP) is 4.53. The molecule has 4 rings (SSSR count). The van der Waals surface area contributed by atoms with Gasteiger partial charge in [0.15, 0.2) is 0 Å². The Balaban J connectivity index is 0.000000345. The SMILES string of the molecule is CC(C)Oc1cc(N)c(C=N)cc1Nc1ncnc2sc3c(c12)CCCC3.CN(C=O)CC(C)(C)O. The van der Waals surface area contributed by atoms with Crippen LogP contribution in [0.4, 0.5) is 17.2 Å². The van der Waals surface area contributed by atoms with Gasteiger partial charge in [0, 0.05) is 42.0 Å². The number of benzene rings is 1. The van der Waals surface area contributed by atoms with Gasteiger partial charge in [-0.05, 0) is 65.0 Å². The lowest BCUT2D eigenvalue weighted by molar-refractivity contribution is -0.119. The number of nitrogens with two attached hydrogens (primary N) is 1. The summed E-state index contributed by atoms with van der Waals surface area (Å²) in [6.45, 7) is 7.64. The number of fused-ring (bicyclic) bond motifs is 3. The molecular formula is C26H36N6O3S. The summed E-state index contributed by atoms with van der Waals surface area (Å²) in [7, 11) is 1.63. The Morgan fingerprint density at radius 1 is 1.31 bits per heavy atom. The molecule has 0 radical (unpaired) electrons. The zero-order chi connectivity index (χ0) is 26.5. The predicted molar refractivity (Wildman–Crippen MR) is 147 cm³/mol. The van der Waals surface area contributed by atoms with Crippen molar-refractivity contribution in [3.63, 3.8) is 0 Å². The summed E-state index contributed by atoms with van der Waals surface area (Å²) in [5.74, 6) is 1.44. The number of amides is 1. The molecule has 0 saturated carbocycles. The molecule has 0 unspecified atom stereocenters. The number of nitrogens with zero attached hydrogens (tertiary/aromatic N) is 3. The van der Waals surface area contributed by atoms with Crippen LogP contribution in [0.25, 0.3) is 10.2 Å². The number of aromatic nitrogens is 2. The molecule has 0 saturated heterocycles. The molecule has 1 aliphatic carbocycles. The summed E-state index contributed by atoms with van der Waals surface area (Å²) in [5.41, 5.74) is 8.57. The first kappa shape index (κ1) is 27.3. The number of nitrogen functional groups attached to an aromatic ring is 1. The topological polar surface area (TPSA) is 137 Å². The number of aryl methyl sites for hydroxylation is 2. The number of carbonyl (C=O) groups is 1. The zero-order valence-electron chi connectivity index (χ0n) is 21.6. The molecule has 1 aromatic carbocycles. The van der Waals surface area contributed by atoms with Gasteiger partial charge in [-0.2, -0.15) is 0 Å². The number of carbonyl (C=O) groups excluding carboxylic acids is 1. The van der Waals surface area contributed by atoms with E-state index in [-0.39, 0.29) is 6.10 Å². The second kappa shape index (κ2) is 11.7. The van der Waals surface area contributed by atoms with Crippen LogP contribution in [-0.2, 0) is 17.6 Å². The maximum Gasteiger partial charge on any atom is 0.209 e. The van der Waals surface area contributed by atoms with Crippen molar-refractivity contribution in [2.24, 2.45) is 0 Å². The number of anilines is 3. The van der Waals surface area contributed by atoms with Gasteiger partial charge in [0.1, 0.15) is 22.7 Å². The number of likely N-dealkylation sites (N-methyl/N-ethyl adjacent to an activating group) is 1. The third-order valence-electron chi connectivity index (χ3n) is 5.52. The van der Waals surface area contributed by atoms with Crippen LogP contribution in [0.2, 0.25) is 0 Å². The fraction of sp³-hybridized carbons (Fsp3) is 0.462. The van der Waals surface area contributed by atoms with E-state index in [0.717, 1.165) is 34.6 Å². The largest absolute Gasteiger partial charge is 0.489 e. The van der Waals surface area contributed by atoms with Crippen LogP contribution in [0.3, 0.4) is 0 Å². The van der Waals surface area contributed by atoms with Gasteiger partial charge < -0.3 is 31.2 Å². The fourth-order valence-corrected chi connectivity index (χ4v) is 5.38. The van der Waals surface area contributed by atoms with Crippen LogP contribution >= 0.6 is 11.3 Å². The van der Waals surface area contributed by atoms with E-state index < -0.39 is 5.60 Å². The van der Waals surface area contributed by atoms with Gasteiger partial charge in [0.05, 0.1) is 22.8 Å². The first-order valence-corrected chi connectivity index (χ1v) is 12.8. The number of hydrogen-bond donors (Lipinski definition) is 4. The van der Waals surface area contributed by atoms with Crippen LogP contribution < -0.4 is 15.8 Å². The van der Waals surface area contributed by atoms with E-state index in [1.807, 2.05) is 19.9 Å². The van der Waals surface area contributed by atoms with E-state index in [1.165, 1.54) is 34.4 Å². The first-order valence-electron chi connectivity index (χ1n) is 12.0. The van der Waals surface area contributed by atoms with E-state index in [4.69, 9.17) is 21.0 Å². The van der Waals surface area contributed by atoms with E-state index in [2.05, 4.69) is 15.3 Å². The average Bonchev–Trinajstić information content (AvgIpc) is 3.19. The fourth-order valence-electron chi connectivity index (χ4n) is 4.15. The van der Waals surface area contributed by atoms with Gasteiger partial charge in [0.25, 0.3) is 0 Å². The van der Waals surface area contributed by atoms with Crippen molar-refractivity contribution in [3.05, 3.63) is 34.5 Å². The molecule has 0 fully saturated rings. The summed E-state index contributed by atoms with van der Waals surface area (Å²) < 4.78 is 5.95. The molecule has 1 amide bonds. The second-order valence-electron chi connectivity index (χ2n) is 9.86. The van der Waals surface area contributed by atoms with E-state index in [0.29, 0.717) is 30.0 Å². The minimum Gasteiger partial charge on any atom is -0.489 e. The van der Waals surface area contributed by atoms with Crippen LogP contribution in [0.15, 0.2) is 18.5 Å². The highest BCUT2D eigenvalue weighted by Crippen LogP contribution is 2.40. The van der Waals surface area contributed by atoms with E-state index in [1.54, 1.807) is 44.6 Å². The maximum absolute atomic E-state index is 10.00. The van der Waals surface area contributed by atoms with Crippen LogP contribution in [0.5, 0.6) is 5.75 Å². The molecule has 2 heterocycles. The number of aliphatic hydroxyl groups is 1. The standard InChI is InChI=1S/C20H23N5OS.C6H13NO2/c1-11(2)26-16-8-14(22)12(9-21)7-15(16)25-19-18-13-5-3-4-6-17(13)27-20(18)24-10-23-19;1-6(2,9)4-7(3)5-8/h7-11,21H,3-6,22H2,1-2H3,(H,23,24,25);5,9H,4H2,1-3H3. The first-order chi connectivity index (χ1) is 17.0. The Bertz CT molecular complexity index is 1220. The van der Waals surface area contributed by atoms with Gasteiger partial charge in [-0.25, -0.2) is 9.97 Å². The molecule has 0 bridgehead atoms. The molecule has 10 heteroatoms. The lowest BCUT2D eigenvalue weighted by Crippen LogP contribution is -2.35. The van der Waals surface area contributed by atoms with Gasteiger partial charge in [0.2, 0.25) is 6.41 Å². The minimum atomic E-state index is -0.782. The quantitative estimate of drug-likeness (QED) is 0.198. The Morgan fingerprint density at radius 2 is 2.03 bits per heavy atom.